The van der Waals surface area contributed by atoms with Gasteiger partial charge in [0.05, 0.1) is 13.7 Å². The Bertz CT molecular complexity index is 1090. The second-order valence-electron chi connectivity index (χ2n) is 6.55. The highest BCUT2D eigenvalue weighted by atomic mass is 19.4. The fourth-order valence-electron chi connectivity index (χ4n) is 3.14. The van der Waals surface area contributed by atoms with Gasteiger partial charge in [-0.15, -0.1) is 0 Å². The number of hydrogen-bond acceptors (Lipinski definition) is 6. The van der Waals surface area contributed by atoms with Crippen LogP contribution in [0.15, 0.2) is 28.7 Å². The number of alkyl halides is 3. The number of fused-ring (bicyclic) bond motifs is 1. The van der Waals surface area contributed by atoms with Crippen molar-refractivity contribution >= 4 is 16.8 Å². The number of carbonyl (C=O) groups excluding carboxylic acids is 1. The lowest BCUT2D eigenvalue weighted by Crippen LogP contribution is -2.42. The summed E-state index contributed by atoms with van der Waals surface area (Å²) >= 11 is 0. The smallest absolute Gasteiger partial charge is 0.433 e. The van der Waals surface area contributed by atoms with Crippen LogP contribution in [-0.4, -0.2) is 41.0 Å². The van der Waals surface area contributed by atoms with E-state index in [1.54, 1.807) is 11.0 Å². The van der Waals surface area contributed by atoms with Gasteiger partial charge in [-0.1, -0.05) is 0 Å². The van der Waals surface area contributed by atoms with Crippen LogP contribution in [-0.2, 0) is 12.7 Å². The molecule has 2 N–H and O–H groups in total. The number of oxazole rings is 1. The van der Waals surface area contributed by atoms with Crippen molar-refractivity contribution in [2.45, 2.75) is 19.1 Å². The van der Waals surface area contributed by atoms with Gasteiger partial charge in [-0.05, 0) is 30.7 Å². The summed E-state index contributed by atoms with van der Waals surface area (Å²) in [6.07, 6.45) is -3.67. The van der Waals surface area contributed by atoms with Gasteiger partial charge in [-0.2, -0.15) is 13.2 Å². The summed E-state index contributed by atoms with van der Waals surface area (Å²) in [5.74, 6) is 0.212. The van der Waals surface area contributed by atoms with E-state index in [-0.39, 0.29) is 41.1 Å². The van der Waals surface area contributed by atoms with E-state index in [2.05, 4.69) is 9.97 Å². The standard InChI is InChI=1S/C19H17F3N4O3/c1-28-12-5-3-11(10-4-6-14(19(20,21)22)24-15(10)12)17-25-16(13(9-23)29-17)18(27)26-7-2-8-26/h3-6H,2,7-9,23H2,1H3. The molecule has 2 aromatic heterocycles. The SMILES string of the molecule is COc1ccc(-c2nc(C(=O)N3CCC3)c(CN)o2)c2ccc(C(F)(F)F)nc12. The number of benzene rings is 1. The molecule has 0 unspecified atom stereocenters. The molecule has 152 valence electrons. The van der Waals surface area contributed by atoms with Gasteiger partial charge >= 0.3 is 6.18 Å². The molecule has 3 heterocycles. The van der Waals surface area contributed by atoms with Crippen molar-refractivity contribution in [3.8, 4) is 17.2 Å². The van der Waals surface area contributed by atoms with Crippen LogP contribution < -0.4 is 10.5 Å². The quantitative estimate of drug-likeness (QED) is 0.715. The summed E-state index contributed by atoms with van der Waals surface area (Å²) < 4.78 is 50.1. The van der Waals surface area contributed by atoms with Crippen molar-refractivity contribution in [1.29, 1.82) is 0 Å². The van der Waals surface area contributed by atoms with Crippen LogP contribution in [0.2, 0.25) is 0 Å². The Morgan fingerprint density at radius 3 is 2.59 bits per heavy atom. The molecule has 0 bridgehead atoms. The van der Waals surface area contributed by atoms with E-state index in [0.717, 1.165) is 12.5 Å². The Kier molecular flexibility index (Phi) is 4.65. The minimum absolute atomic E-state index is 0.0166. The summed E-state index contributed by atoms with van der Waals surface area (Å²) in [6, 6.07) is 5.24. The predicted octanol–water partition coefficient (Wildman–Crippen LogP) is 3.22. The first-order chi connectivity index (χ1) is 13.8. The lowest BCUT2D eigenvalue weighted by Gasteiger charge is -2.30. The van der Waals surface area contributed by atoms with E-state index in [1.165, 1.54) is 19.2 Å². The largest absolute Gasteiger partial charge is 0.494 e. The second-order valence-corrected chi connectivity index (χ2v) is 6.55. The maximum absolute atomic E-state index is 13.1. The Morgan fingerprint density at radius 2 is 2.00 bits per heavy atom. The van der Waals surface area contributed by atoms with Gasteiger partial charge in [0.15, 0.2) is 11.5 Å². The first kappa shape index (κ1) is 19.2. The fraction of sp³-hybridized carbons (Fsp3) is 0.316. The molecule has 1 saturated heterocycles. The van der Waals surface area contributed by atoms with Crippen LogP contribution in [0, 0.1) is 0 Å². The van der Waals surface area contributed by atoms with E-state index in [9.17, 15) is 18.0 Å². The van der Waals surface area contributed by atoms with Crippen LogP contribution in [0.5, 0.6) is 5.75 Å². The molecule has 7 nitrogen and oxygen atoms in total. The zero-order valence-electron chi connectivity index (χ0n) is 15.4. The number of pyridine rings is 1. The molecule has 3 aromatic rings. The number of hydrogen-bond donors (Lipinski definition) is 1. The number of amides is 1. The Labute approximate surface area is 163 Å². The third kappa shape index (κ3) is 3.29. The molecule has 0 aliphatic carbocycles. The summed E-state index contributed by atoms with van der Waals surface area (Å²) in [5, 5.41) is 0.352. The average molecular weight is 406 g/mol. The number of halogens is 3. The predicted molar refractivity (Wildman–Crippen MR) is 97.2 cm³/mol. The molecule has 4 rings (SSSR count). The Hall–Kier alpha value is -3.14. The third-order valence-corrected chi connectivity index (χ3v) is 4.79. The molecule has 10 heteroatoms. The highest BCUT2D eigenvalue weighted by molar-refractivity contribution is 5.98. The maximum Gasteiger partial charge on any atom is 0.433 e. The number of methoxy groups -OCH3 is 1. The number of nitrogens with zero attached hydrogens (tertiary/aromatic N) is 3. The van der Waals surface area contributed by atoms with Gasteiger partial charge in [0.25, 0.3) is 5.91 Å². The molecule has 0 radical (unpaired) electrons. The van der Waals surface area contributed by atoms with Crippen LogP contribution in [0.1, 0.15) is 28.4 Å². The summed E-state index contributed by atoms with van der Waals surface area (Å²) in [5.41, 5.74) is 5.19. The topological polar surface area (TPSA) is 94.5 Å². The van der Waals surface area contributed by atoms with Crippen molar-refractivity contribution in [3.63, 3.8) is 0 Å². The van der Waals surface area contributed by atoms with Gasteiger partial charge in [0.1, 0.15) is 17.0 Å². The van der Waals surface area contributed by atoms with Crippen molar-refractivity contribution in [2.75, 3.05) is 20.2 Å². The second kappa shape index (κ2) is 7.03. The van der Waals surface area contributed by atoms with Crippen LogP contribution in [0.4, 0.5) is 13.2 Å². The highest BCUT2D eigenvalue weighted by Gasteiger charge is 2.33. The van der Waals surface area contributed by atoms with Gasteiger partial charge in [-0.3, -0.25) is 4.79 Å². The third-order valence-electron chi connectivity index (χ3n) is 4.79. The van der Waals surface area contributed by atoms with Gasteiger partial charge in [0.2, 0.25) is 5.89 Å². The van der Waals surface area contributed by atoms with Crippen LogP contribution in [0.25, 0.3) is 22.4 Å². The zero-order chi connectivity index (χ0) is 20.8. The lowest BCUT2D eigenvalue weighted by atomic mass is 10.1. The Morgan fingerprint density at radius 1 is 1.24 bits per heavy atom. The molecule has 29 heavy (non-hydrogen) atoms. The summed E-state index contributed by atoms with van der Waals surface area (Å²) in [7, 11) is 1.35. The highest BCUT2D eigenvalue weighted by Crippen LogP contribution is 2.37. The van der Waals surface area contributed by atoms with E-state index >= 15 is 0 Å². The average Bonchev–Trinajstić information content (AvgIpc) is 3.08. The molecule has 1 fully saturated rings. The first-order valence-electron chi connectivity index (χ1n) is 8.88. The van der Waals surface area contributed by atoms with Crippen molar-refractivity contribution < 1.29 is 27.1 Å². The van der Waals surface area contributed by atoms with Crippen LogP contribution >= 0.6 is 0 Å². The minimum Gasteiger partial charge on any atom is -0.494 e. The number of likely N-dealkylation sites (tertiary alicyclic amines) is 1. The lowest BCUT2D eigenvalue weighted by molar-refractivity contribution is -0.140. The number of nitrogens with two attached hydrogens (primary N) is 1. The summed E-state index contributed by atoms with van der Waals surface area (Å²) in [6.45, 7) is 1.24. The minimum atomic E-state index is -4.60. The van der Waals surface area contributed by atoms with Crippen molar-refractivity contribution in [3.05, 3.63) is 41.4 Å². The molecule has 1 aromatic carbocycles. The van der Waals surface area contributed by atoms with Gasteiger partial charge < -0.3 is 19.8 Å². The molecule has 1 aliphatic rings. The first-order valence-corrected chi connectivity index (χ1v) is 8.88. The number of ether oxygens (including phenoxy) is 1. The number of carbonyl (C=O) groups is 1. The molecular weight excluding hydrogens is 389 g/mol. The molecule has 1 aliphatic heterocycles. The van der Waals surface area contributed by atoms with Gasteiger partial charge in [0, 0.05) is 24.0 Å². The van der Waals surface area contributed by atoms with Gasteiger partial charge in [-0.25, -0.2) is 9.97 Å². The Balaban J connectivity index is 1.86. The fourth-order valence-corrected chi connectivity index (χ4v) is 3.14. The monoisotopic (exact) mass is 406 g/mol. The van der Waals surface area contributed by atoms with Crippen molar-refractivity contribution in [2.24, 2.45) is 5.73 Å². The van der Waals surface area contributed by atoms with E-state index in [4.69, 9.17) is 14.9 Å². The normalized spacial score (nSPS) is 14.2. The zero-order valence-corrected chi connectivity index (χ0v) is 15.4. The molecular formula is C19H17F3N4O3. The molecule has 1 amide bonds. The molecule has 0 spiro atoms. The number of aromatic nitrogens is 2. The van der Waals surface area contributed by atoms with E-state index in [0.29, 0.717) is 24.0 Å². The van der Waals surface area contributed by atoms with E-state index < -0.39 is 11.9 Å². The molecule has 0 atom stereocenters. The van der Waals surface area contributed by atoms with E-state index in [1.807, 2.05) is 0 Å². The molecule has 0 saturated carbocycles. The number of rotatable bonds is 4. The summed E-state index contributed by atoms with van der Waals surface area (Å²) in [4.78, 5) is 22.2. The maximum atomic E-state index is 13.1. The van der Waals surface area contributed by atoms with Crippen LogP contribution in [0.3, 0.4) is 0 Å². The van der Waals surface area contributed by atoms with Crippen molar-refractivity contribution in [1.82, 2.24) is 14.9 Å².